The molecule has 0 spiro atoms. The first kappa shape index (κ1) is 14.7. The number of rotatable bonds is 5. The topological polar surface area (TPSA) is 63.2 Å². The number of carbonyl (C=O) groups is 1. The number of anilines is 1. The zero-order valence-electron chi connectivity index (χ0n) is 11.0. The molecule has 0 atom stereocenters. The average Bonchev–Trinajstić information content (AvgIpc) is 2.12. The number of hydrogen-bond acceptors (Lipinski definition) is 3. The molecular weight excluding hydrogens is 250 g/mol. The Kier molecular flexibility index (Phi) is 4.90. The van der Waals surface area contributed by atoms with Crippen molar-refractivity contribution >= 4 is 21.4 Å². The fraction of sp³-hybridized carbons (Fsp3) is 0.462. The third kappa shape index (κ3) is 5.82. The third-order valence-corrected chi connectivity index (χ3v) is 3.45. The highest BCUT2D eigenvalue weighted by atomic mass is 32.2. The average molecular weight is 269 g/mol. The lowest BCUT2D eigenvalue weighted by Gasteiger charge is -2.07. The molecule has 0 bridgehead atoms. The van der Waals surface area contributed by atoms with Crippen LogP contribution in [0.25, 0.3) is 0 Å². The molecule has 4 nitrogen and oxygen atoms in total. The van der Waals surface area contributed by atoms with Crippen LogP contribution in [0.3, 0.4) is 0 Å². The van der Waals surface area contributed by atoms with Crippen molar-refractivity contribution in [3.8, 4) is 0 Å². The Balaban J connectivity index is 2.49. The molecule has 1 rings (SSSR count). The van der Waals surface area contributed by atoms with Crippen LogP contribution in [-0.2, 0) is 14.6 Å². The van der Waals surface area contributed by atoms with Gasteiger partial charge in [0.05, 0.1) is 5.75 Å². The quantitative estimate of drug-likeness (QED) is 0.890. The number of aryl methyl sites for hydroxylation is 2. The van der Waals surface area contributed by atoms with E-state index in [-0.39, 0.29) is 18.1 Å². The van der Waals surface area contributed by atoms with E-state index in [2.05, 4.69) is 5.32 Å². The van der Waals surface area contributed by atoms with Gasteiger partial charge in [0.1, 0.15) is 9.84 Å². The van der Waals surface area contributed by atoms with Gasteiger partial charge < -0.3 is 5.32 Å². The second-order valence-electron chi connectivity index (χ2n) is 4.66. The molecule has 0 unspecified atom stereocenters. The fourth-order valence-corrected chi connectivity index (χ4v) is 2.43. The van der Waals surface area contributed by atoms with Crippen molar-refractivity contribution in [1.82, 2.24) is 0 Å². The second-order valence-corrected chi connectivity index (χ2v) is 6.92. The van der Waals surface area contributed by atoms with E-state index in [1.165, 1.54) is 6.26 Å². The zero-order chi connectivity index (χ0) is 13.8. The Morgan fingerprint density at radius 2 is 1.72 bits per heavy atom. The molecule has 0 saturated carbocycles. The Hall–Kier alpha value is -1.36. The first-order chi connectivity index (χ1) is 8.26. The summed E-state index contributed by atoms with van der Waals surface area (Å²) in [6.07, 6.45) is 1.75. The van der Waals surface area contributed by atoms with Crippen molar-refractivity contribution < 1.29 is 13.2 Å². The van der Waals surface area contributed by atoms with Crippen molar-refractivity contribution in [3.05, 3.63) is 29.3 Å². The molecule has 1 aromatic carbocycles. The van der Waals surface area contributed by atoms with Crippen molar-refractivity contribution in [1.29, 1.82) is 0 Å². The standard InChI is InChI=1S/C13H19NO3S/c1-10-7-11(2)9-12(8-10)14-13(15)5-4-6-18(3,16)17/h7-9H,4-6H2,1-3H3,(H,14,15). The van der Waals surface area contributed by atoms with Gasteiger partial charge in [-0.25, -0.2) is 8.42 Å². The molecule has 0 aliphatic carbocycles. The molecule has 1 N–H and O–H groups in total. The highest BCUT2D eigenvalue weighted by Crippen LogP contribution is 2.14. The van der Waals surface area contributed by atoms with Crippen LogP contribution in [0.1, 0.15) is 24.0 Å². The third-order valence-electron chi connectivity index (χ3n) is 2.42. The lowest BCUT2D eigenvalue weighted by atomic mass is 10.1. The number of sulfone groups is 1. The highest BCUT2D eigenvalue weighted by molar-refractivity contribution is 7.90. The molecule has 0 aromatic heterocycles. The lowest BCUT2D eigenvalue weighted by molar-refractivity contribution is -0.116. The van der Waals surface area contributed by atoms with E-state index in [0.29, 0.717) is 6.42 Å². The van der Waals surface area contributed by atoms with Crippen LogP contribution < -0.4 is 5.32 Å². The Labute approximate surface area is 108 Å². The maximum Gasteiger partial charge on any atom is 0.224 e. The van der Waals surface area contributed by atoms with Crippen LogP contribution in [0, 0.1) is 13.8 Å². The molecule has 0 saturated heterocycles. The van der Waals surface area contributed by atoms with Gasteiger partial charge in [0.2, 0.25) is 5.91 Å². The summed E-state index contributed by atoms with van der Waals surface area (Å²) >= 11 is 0. The molecule has 5 heteroatoms. The molecule has 0 heterocycles. The lowest BCUT2D eigenvalue weighted by Crippen LogP contribution is -2.13. The van der Waals surface area contributed by atoms with E-state index in [1.54, 1.807) is 0 Å². The highest BCUT2D eigenvalue weighted by Gasteiger charge is 2.06. The van der Waals surface area contributed by atoms with Crippen LogP contribution in [0.2, 0.25) is 0 Å². The van der Waals surface area contributed by atoms with Gasteiger partial charge >= 0.3 is 0 Å². The van der Waals surface area contributed by atoms with Gasteiger partial charge in [-0.2, -0.15) is 0 Å². The van der Waals surface area contributed by atoms with Crippen molar-refractivity contribution in [2.75, 3.05) is 17.3 Å². The molecule has 0 radical (unpaired) electrons. The maximum absolute atomic E-state index is 11.6. The first-order valence-corrected chi connectivity index (χ1v) is 7.88. The fourth-order valence-electron chi connectivity index (χ4n) is 1.77. The van der Waals surface area contributed by atoms with Crippen molar-refractivity contribution in [2.45, 2.75) is 26.7 Å². The molecule has 18 heavy (non-hydrogen) atoms. The number of amides is 1. The van der Waals surface area contributed by atoms with Crippen LogP contribution in [0.5, 0.6) is 0 Å². The van der Waals surface area contributed by atoms with E-state index in [1.807, 2.05) is 32.0 Å². The number of nitrogens with one attached hydrogen (secondary N) is 1. The van der Waals surface area contributed by atoms with Crippen LogP contribution >= 0.6 is 0 Å². The summed E-state index contributed by atoms with van der Waals surface area (Å²) in [5, 5.41) is 2.78. The summed E-state index contributed by atoms with van der Waals surface area (Å²) in [6, 6.07) is 5.81. The van der Waals surface area contributed by atoms with Gasteiger partial charge in [0.15, 0.2) is 0 Å². The SMILES string of the molecule is Cc1cc(C)cc(NC(=O)CCCS(C)(=O)=O)c1. The van der Waals surface area contributed by atoms with Gasteiger partial charge in [-0.3, -0.25) is 4.79 Å². The first-order valence-electron chi connectivity index (χ1n) is 5.82. The van der Waals surface area contributed by atoms with E-state index in [9.17, 15) is 13.2 Å². The molecule has 1 aromatic rings. The van der Waals surface area contributed by atoms with Gasteiger partial charge in [-0.15, -0.1) is 0 Å². The van der Waals surface area contributed by atoms with E-state index in [4.69, 9.17) is 0 Å². The Morgan fingerprint density at radius 3 is 2.22 bits per heavy atom. The monoisotopic (exact) mass is 269 g/mol. The predicted octanol–water partition coefficient (Wildman–Crippen LogP) is 2.07. The summed E-state index contributed by atoms with van der Waals surface area (Å²) in [7, 11) is -2.99. The van der Waals surface area contributed by atoms with E-state index < -0.39 is 9.84 Å². The summed E-state index contributed by atoms with van der Waals surface area (Å²) in [5.41, 5.74) is 2.93. The predicted molar refractivity (Wildman–Crippen MR) is 73.5 cm³/mol. The zero-order valence-corrected chi connectivity index (χ0v) is 11.8. The van der Waals surface area contributed by atoms with E-state index in [0.717, 1.165) is 16.8 Å². The van der Waals surface area contributed by atoms with E-state index >= 15 is 0 Å². The smallest absolute Gasteiger partial charge is 0.224 e. The summed E-state index contributed by atoms with van der Waals surface area (Å²) in [4.78, 5) is 11.6. The van der Waals surface area contributed by atoms with Crippen LogP contribution in [0.15, 0.2) is 18.2 Å². The molecule has 100 valence electrons. The van der Waals surface area contributed by atoms with Crippen molar-refractivity contribution in [3.63, 3.8) is 0 Å². The Morgan fingerprint density at radius 1 is 1.17 bits per heavy atom. The van der Waals surface area contributed by atoms with Gasteiger partial charge in [-0.1, -0.05) is 6.07 Å². The van der Waals surface area contributed by atoms with Gasteiger partial charge in [0, 0.05) is 18.4 Å². The minimum Gasteiger partial charge on any atom is -0.326 e. The van der Waals surface area contributed by atoms with Gasteiger partial charge in [0.25, 0.3) is 0 Å². The van der Waals surface area contributed by atoms with Crippen molar-refractivity contribution in [2.24, 2.45) is 0 Å². The largest absolute Gasteiger partial charge is 0.326 e. The maximum atomic E-state index is 11.6. The summed E-state index contributed by atoms with van der Waals surface area (Å²) in [6.45, 7) is 3.93. The second kappa shape index (κ2) is 6.00. The minimum absolute atomic E-state index is 0.0489. The van der Waals surface area contributed by atoms with Crippen LogP contribution in [-0.4, -0.2) is 26.3 Å². The molecule has 0 aliphatic heterocycles. The van der Waals surface area contributed by atoms with Crippen LogP contribution in [0.4, 0.5) is 5.69 Å². The van der Waals surface area contributed by atoms with Gasteiger partial charge in [-0.05, 0) is 43.5 Å². The molecule has 0 aliphatic rings. The molecule has 1 amide bonds. The number of hydrogen-bond donors (Lipinski definition) is 1. The molecular formula is C13H19NO3S. The molecule has 0 fully saturated rings. The normalized spacial score (nSPS) is 11.3. The minimum atomic E-state index is -2.99. The summed E-state index contributed by atoms with van der Waals surface area (Å²) < 4.78 is 21.9. The Bertz CT molecular complexity index is 515. The number of carbonyl (C=O) groups excluding carboxylic acids is 1. The summed E-state index contributed by atoms with van der Waals surface area (Å²) in [5.74, 6) is -0.101. The number of benzene rings is 1.